The standard InChI is InChI=1S/C31H29O3S/c1-6-31(5,17-16-25-12-8-7-9-13-25)34-29(32)20-33-30-22(2)18-26(19-23(30)3)35-21-24(4)27-14-10-11-15-28(27)35/h6-15,18-19,21H,1,20H2,2-5H3/q+1. The summed E-state index contributed by atoms with van der Waals surface area (Å²) in [5, 5.41) is 3.65. The molecule has 0 aliphatic heterocycles. The Morgan fingerprint density at radius 3 is 2.34 bits per heavy atom. The molecule has 3 aromatic carbocycles. The van der Waals surface area contributed by atoms with Gasteiger partial charge in [-0.05, 0) is 75.1 Å². The van der Waals surface area contributed by atoms with E-state index >= 15 is 0 Å². The Bertz CT molecular complexity index is 1430. The molecule has 35 heavy (non-hydrogen) atoms. The summed E-state index contributed by atoms with van der Waals surface area (Å²) in [5.41, 5.74) is 3.03. The van der Waals surface area contributed by atoms with Crippen LogP contribution in [0.1, 0.15) is 29.2 Å². The van der Waals surface area contributed by atoms with Crippen molar-refractivity contribution in [2.24, 2.45) is 0 Å². The fraction of sp³-hybridized carbons (Fsp3) is 0.194. The Labute approximate surface area is 210 Å². The van der Waals surface area contributed by atoms with Gasteiger partial charge in [0.2, 0.25) is 0 Å². The van der Waals surface area contributed by atoms with E-state index in [1.807, 2.05) is 44.2 Å². The summed E-state index contributed by atoms with van der Waals surface area (Å²) in [6.07, 6.45) is 1.53. The highest BCUT2D eigenvalue weighted by atomic mass is 32.2. The third-order valence-corrected chi connectivity index (χ3v) is 7.97. The maximum atomic E-state index is 12.6. The average Bonchev–Trinajstić information content (AvgIpc) is 3.19. The quantitative estimate of drug-likeness (QED) is 0.124. The Morgan fingerprint density at radius 2 is 1.66 bits per heavy atom. The van der Waals surface area contributed by atoms with E-state index in [1.165, 1.54) is 26.6 Å². The van der Waals surface area contributed by atoms with E-state index in [2.05, 4.69) is 67.1 Å². The summed E-state index contributed by atoms with van der Waals surface area (Å²) in [6.45, 7) is 11.5. The number of carbonyl (C=O) groups excluding carboxylic acids is 1. The molecule has 0 aliphatic carbocycles. The summed E-state index contributed by atoms with van der Waals surface area (Å²) in [4.78, 5) is 13.9. The van der Waals surface area contributed by atoms with Crippen LogP contribution in [0.5, 0.6) is 5.75 Å². The molecule has 0 N–H and O–H groups in total. The SMILES string of the molecule is C=CC(C)(C#Cc1ccccc1)OC(=O)COc1c(C)cc(-[s+]2cc(C)c3ccccc32)cc1C. The third kappa shape index (κ3) is 5.48. The highest BCUT2D eigenvalue weighted by Gasteiger charge is 2.24. The van der Waals surface area contributed by atoms with E-state index in [-0.39, 0.29) is 17.1 Å². The van der Waals surface area contributed by atoms with E-state index in [9.17, 15) is 4.79 Å². The van der Waals surface area contributed by atoms with Crippen LogP contribution < -0.4 is 4.74 Å². The van der Waals surface area contributed by atoms with Crippen molar-refractivity contribution in [2.45, 2.75) is 33.3 Å². The first-order valence-electron chi connectivity index (χ1n) is 11.5. The summed E-state index contributed by atoms with van der Waals surface area (Å²) < 4.78 is 12.9. The lowest BCUT2D eigenvalue weighted by molar-refractivity contribution is -0.152. The highest BCUT2D eigenvalue weighted by molar-refractivity contribution is 7.43. The van der Waals surface area contributed by atoms with Crippen molar-refractivity contribution in [3.05, 3.63) is 107 Å². The number of rotatable bonds is 6. The number of hydrogen-bond donors (Lipinski definition) is 0. The van der Waals surface area contributed by atoms with Crippen LogP contribution in [0.2, 0.25) is 0 Å². The molecule has 0 amide bonds. The second-order valence-electron chi connectivity index (χ2n) is 8.71. The molecule has 0 spiro atoms. The van der Waals surface area contributed by atoms with Gasteiger partial charge in [-0.1, -0.05) is 42.8 Å². The fourth-order valence-electron chi connectivity index (χ4n) is 3.98. The van der Waals surface area contributed by atoms with Crippen LogP contribution in [0.15, 0.2) is 84.8 Å². The van der Waals surface area contributed by atoms with E-state index in [0.717, 1.165) is 16.7 Å². The zero-order chi connectivity index (χ0) is 25.0. The number of fused-ring (bicyclic) bond motifs is 1. The number of thiophene rings is 1. The van der Waals surface area contributed by atoms with Crippen molar-refractivity contribution in [1.29, 1.82) is 0 Å². The molecule has 1 heterocycles. The molecule has 0 saturated heterocycles. The van der Waals surface area contributed by atoms with Crippen LogP contribution in [0, 0.1) is 32.6 Å². The first-order chi connectivity index (χ1) is 16.8. The topological polar surface area (TPSA) is 35.5 Å². The minimum Gasteiger partial charge on any atom is -0.481 e. The van der Waals surface area contributed by atoms with Gasteiger partial charge >= 0.3 is 5.97 Å². The lowest BCUT2D eigenvalue weighted by atomic mass is 10.1. The molecular weight excluding hydrogens is 452 g/mol. The van der Waals surface area contributed by atoms with Gasteiger partial charge < -0.3 is 9.47 Å². The summed E-state index contributed by atoms with van der Waals surface area (Å²) in [6, 6.07) is 22.4. The summed E-state index contributed by atoms with van der Waals surface area (Å²) in [7, 11) is -0.106. The number of esters is 1. The molecule has 0 saturated carbocycles. The second kappa shape index (κ2) is 10.2. The van der Waals surface area contributed by atoms with Crippen LogP contribution in [0.4, 0.5) is 0 Å². The number of carbonyl (C=O) groups is 1. The third-order valence-electron chi connectivity index (χ3n) is 5.81. The van der Waals surface area contributed by atoms with Gasteiger partial charge in [0.15, 0.2) is 21.8 Å². The molecule has 0 radical (unpaired) electrons. The van der Waals surface area contributed by atoms with Crippen molar-refractivity contribution >= 4 is 26.5 Å². The van der Waals surface area contributed by atoms with Gasteiger partial charge in [-0.25, -0.2) is 4.79 Å². The first kappa shape index (κ1) is 24.3. The Balaban J connectivity index is 1.48. The predicted molar refractivity (Wildman–Crippen MR) is 145 cm³/mol. The smallest absolute Gasteiger partial charge is 0.345 e. The summed E-state index contributed by atoms with van der Waals surface area (Å²) in [5.74, 6) is 6.24. The molecule has 4 aromatic rings. The van der Waals surface area contributed by atoms with E-state index in [0.29, 0.717) is 5.75 Å². The molecule has 0 bridgehead atoms. The van der Waals surface area contributed by atoms with Gasteiger partial charge in [0.1, 0.15) is 11.1 Å². The number of hydrogen-bond acceptors (Lipinski definition) is 3. The molecule has 2 atom stereocenters. The van der Waals surface area contributed by atoms with Gasteiger partial charge in [-0.3, -0.25) is 0 Å². The molecule has 0 fully saturated rings. The molecule has 2 unspecified atom stereocenters. The lowest BCUT2D eigenvalue weighted by Crippen LogP contribution is -2.30. The van der Waals surface area contributed by atoms with E-state index < -0.39 is 11.6 Å². The first-order valence-corrected chi connectivity index (χ1v) is 12.8. The van der Waals surface area contributed by atoms with Crippen molar-refractivity contribution < 1.29 is 14.3 Å². The minimum absolute atomic E-state index is 0.106. The van der Waals surface area contributed by atoms with Crippen molar-refractivity contribution in [3.8, 4) is 22.5 Å². The van der Waals surface area contributed by atoms with Crippen LogP contribution >= 0.6 is 10.5 Å². The zero-order valence-corrected chi connectivity index (χ0v) is 21.4. The molecule has 4 heteroatoms. The lowest BCUT2D eigenvalue weighted by Gasteiger charge is -2.20. The molecule has 3 nitrogen and oxygen atoms in total. The minimum atomic E-state index is -1.11. The second-order valence-corrected chi connectivity index (χ2v) is 10.5. The maximum absolute atomic E-state index is 12.6. The predicted octanol–water partition coefficient (Wildman–Crippen LogP) is 7.42. The fourth-order valence-corrected chi connectivity index (χ4v) is 6.28. The van der Waals surface area contributed by atoms with Crippen molar-refractivity contribution in [1.82, 2.24) is 0 Å². The molecule has 0 aliphatic rings. The Kier molecular flexibility index (Phi) is 7.10. The van der Waals surface area contributed by atoms with Crippen molar-refractivity contribution in [2.75, 3.05) is 6.61 Å². The van der Waals surface area contributed by atoms with Crippen LogP contribution in [-0.2, 0) is 9.53 Å². The van der Waals surface area contributed by atoms with Crippen molar-refractivity contribution in [3.63, 3.8) is 0 Å². The van der Waals surface area contributed by atoms with Gasteiger partial charge in [-0.2, -0.15) is 0 Å². The van der Waals surface area contributed by atoms with Gasteiger partial charge in [0.25, 0.3) is 0 Å². The van der Waals surface area contributed by atoms with E-state index in [1.54, 1.807) is 6.92 Å². The molecular formula is C31H29O3S+. The molecule has 176 valence electrons. The molecule has 1 aromatic heterocycles. The highest BCUT2D eigenvalue weighted by Crippen LogP contribution is 2.43. The van der Waals surface area contributed by atoms with E-state index in [4.69, 9.17) is 9.47 Å². The largest absolute Gasteiger partial charge is 0.481 e. The number of aryl methyl sites for hydroxylation is 3. The normalized spacial score (nSPS) is 12.9. The van der Waals surface area contributed by atoms with Crippen LogP contribution in [0.3, 0.4) is 0 Å². The monoisotopic (exact) mass is 481 g/mol. The van der Waals surface area contributed by atoms with Gasteiger partial charge in [-0.15, -0.1) is 0 Å². The Morgan fingerprint density at radius 1 is 1.00 bits per heavy atom. The zero-order valence-electron chi connectivity index (χ0n) is 20.6. The molecule has 4 rings (SSSR count). The summed E-state index contributed by atoms with van der Waals surface area (Å²) >= 11 is 0. The van der Waals surface area contributed by atoms with Gasteiger partial charge in [0.05, 0.1) is 0 Å². The van der Waals surface area contributed by atoms with Gasteiger partial charge in [0, 0.05) is 39.1 Å². The van der Waals surface area contributed by atoms with Crippen LogP contribution in [-0.4, -0.2) is 18.2 Å². The number of benzene rings is 3. The average molecular weight is 482 g/mol. The Hall–Kier alpha value is -3.81. The van der Waals surface area contributed by atoms with Crippen LogP contribution in [0.25, 0.3) is 15.0 Å². The number of ether oxygens (including phenoxy) is 2. The maximum Gasteiger partial charge on any atom is 0.345 e.